The summed E-state index contributed by atoms with van der Waals surface area (Å²) in [7, 11) is 2.17. The van der Waals surface area contributed by atoms with Crippen molar-refractivity contribution < 1.29 is 4.79 Å². The lowest BCUT2D eigenvalue weighted by atomic mass is 9.78. The number of carbonyl (C=O) groups is 1. The van der Waals surface area contributed by atoms with E-state index in [1.165, 1.54) is 0 Å². The van der Waals surface area contributed by atoms with Crippen LogP contribution >= 0.6 is 0 Å². The number of hydrogen-bond donors (Lipinski definition) is 1. The van der Waals surface area contributed by atoms with Gasteiger partial charge in [0.1, 0.15) is 5.82 Å². The Hall–Kier alpha value is -1.46. The molecule has 0 radical (unpaired) electrons. The summed E-state index contributed by atoms with van der Waals surface area (Å²) in [6.07, 6.45) is 3.67. The maximum absolute atomic E-state index is 12.1. The molecule has 1 saturated carbocycles. The highest BCUT2D eigenvalue weighted by Gasteiger charge is 2.38. The molecule has 1 saturated heterocycles. The lowest BCUT2D eigenvalue weighted by Gasteiger charge is -2.45. The second-order valence-corrected chi connectivity index (χ2v) is 5.87. The van der Waals surface area contributed by atoms with Crippen molar-refractivity contribution in [1.82, 2.24) is 14.8 Å². The molecule has 0 atom stereocenters. The number of nitrogens with zero attached hydrogens (tertiary/aromatic N) is 3. The van der Waals surface area contributed by atoms with E-state index >= 15 is 0 Å². The van der Waals surface area contributed by atoms with Gasteiger partial charge in [-0.2, -0.15) is 0 Å². The van der Waals surface area contributed by atoms with Crippen LogP contribution in [0.25, 0.3) is 0 Å². The quantitative estimate of drug-likeness (QED) is 0.895. The van der Waals surface area contributed by atoms with Gasteiger partial charge in [0.05, 0.1) is 0 Å². The fourth-order valence-corrected chi connectivity index (χ4v) is 2.95. The van der Waals surface area contributed by atoms with Crippen molar-refractivity contribution in [3.8, 4) is 0 Å². The van der Waals surface area contributed by atoms with Crippen LogP contribution in [0.2, 0.25) is 0 Å². The smallest absolute Gasteiger partial charge is 0.228 e. The normalized spacial score (nSPS) is 27.9. The number of amides is 1. The standard InChI is InChI=1S/C15H22N4O/c1-18-6-8-19(9-7-18)13-10-12(11-13)15(20)17-14-4-2-3-5-16-14/h2-5,12-13H,6-11H2,1H3,(H,16,17,20). The summed E-state index contributed by atoms with van der Waals surface area (Å²) in [6.45, 7) is 4.55. The molecule has 2 heterocycles. The summed E-state index contributed by atoms with van der Waals surface area (Å²) in [4.78, 5) is 21.1. The SMILES string of the molecule is CN1CCN(C2CC(C(=O)Nc3ccccn3)C2)CC1. The van der Waals surface area contributed by atoms with Crippen LogP contribution < -0.4 is 5.32 Å². The van der Waals surface area contributed by atoms with E-state index in [1.807, 2.05) is 18.2 Å². The van der Waals surface area contributed by atoms with E-state index in [-0.39, 0.29) is 11.8 Å². The Morgan fingerprint density at radius 3 is 2.65 bits per heavy atom. The van der Waals surface area contributed by atoms with Crippen LogP contribution in [0.1, 0.15) is 12.8 Å². The van der Waals surface area contributed by atoms with Gasteiger partial charge < -0.3 is 10.2 Å². The number of anilines is 1. The molecule has 1 amide bonds. The molecule has 1 aliphatic heterocycles. The van der Waals surface area contributed by atoms with E-state index in [1.54, 1.807) is 6.20 Å². The van der Waals surface area contributed by atoms with Gasteiger partial charge in [0, 0.05) is 44.3 Å². The van der Waals surface area contributed by atoms with E-state index in [4.69, 9.17) is 0 Å². The van der Waals surface area contributed by atoms with Gasteiger partial charge in [-0.3, -0.25) is 9.69 Å². The van der Waals surface area contributed by atoms with Gasteiger partial charge in [0.2, 0.25) is 5.91 Å². The number of pyridine rings is 1. The maximum atomic E-state index is 12.1. The molecular weight excluding hydrogens is 252 g/mol. The van der Waals surface area contributed by atoms with Crippen molar-refractivity contribution in [3.05, 3.63) is 24.4 Å². The van der Waals surface area contributed by atoms with Gasteiger partial charge in [-0.25, -0.2) is 4.98 Å². The summed E-state index contributed by atoms with van der Waals surface area (Å²) >= 11 is 0. The third-order valence-corrected chi connectivity index (χ3v) is 4.45. The minimum absolute atomic E-state index is 0.120. The van der Waals surface area contributed by atoms with E-state index in [2.05, 4.69) is 27.1 Å². The Balaban J connectivity index is 1.44. The van der Waals surface area contributed by atoms with Crippen LogP contribution in [0.4, 0.5) is 5.82 Å². The van der Waals surface area contributed by atoms with E-state index < -0.39 is 0 Å². The highest BCUT2D eigenvalue weighted by molar-refractivity contribution is 5.92. The topological polar surface area (TPSA) is 48.5 Å². The molecule has 2 fully saturated rings. The molecule has 108 valence electrons. The number of piperazine rings is 1. The number of carbonyl (C=O) groups excluding carboxylic acids is 1. The lowest BCUT2D eigenvalue weighted by molar-refractivity contribution is -0.124. The van der Waals surface area contributed by atoms with Crippen molar-refractivity contribution in [2.45, 2.75) is 18.9 Å². The van der Waals surface area contributed by atoms with Crippen molar-refractivity contribution >= 4 is 11.7 Å². The Kier molecular flexibility index (Phi) is 3.98. The zero-order valence-corrected chi connectivity index (χ0v) is 12.0. The Morgan fingerprint density at radius 2 is 2.00 bits per heavy atom. The third kappa shape index (κ3) is 2.99. The first-order valence-corrected chi connectivity index (χ1v) is 7.37. The molecule has 5 nitrogen and oxygen atoms in total. The zero-order valence-electron chi connectivity index (χ0n) is 12.0. The minimum atomic E-state index is 0.120. The number of nitrogens with one attached hydrogen (secondary N) is 1. The second-order valence-electron chi connectivity index (χ2n) is 5.87. The predicted molar refractivity (Wildman–Crippen MR) is 78.4 cm³/mol. The van der Waals surface area contributed by atoms with Crippen LogP contribution in [-0.4, -0.2) is 60.0 Å². The van der Waals surface area contributed by atoms with Gasteiger partial charge >= 0.3 is 0 Å². The molecule has 0 spiro atoms. The molecule has 3 rings (SSSR count). The van der Waals surface area contributed by atoms with Crippen LogP contribution in [0.3, 0.4) is 0 Å². The first-order chi connectivity index (χ1) is 9.72. The van der Waals surface area contributed by atoms with Crippen LogP contribution in [0.5, 0.6) is 0 Å². The number of rotatable bonds is 3. The van der Waals surface area contributed by atoms with Gasteiger partial charge in [-0.1, -0.05) is 6.07 Å². The average molecular weight is 274 g/mol. The summed E-state index contributed by atoms with van der Waals surface area (Å²) in [5, 5.41) is 2.90. The summed E-state index contributed by atoms with van der Waals surface area (Å²) in [5.74, 6) is 0.927. The first kappa shape index (κ1) is 13.5. The fraction of sp³-hybridized carbons (Fsp3) is 0.600. The second kappa shape index (κ2) is 5.89. The van der Waals surface area contributed by atoms with E-state index in [9.17, 15) is 4.79 Å². The predicted octanol–water partition coefficient (Wildman–Crippen LogP) is 1.05. The lowest BCUT2D eigenvalue weighted by Crippen LogP contribution is -2.54. The molecule has 0 aromatic carbocycles. The number of aromatic nitrogens is 1. The minimum Gasteiger partial charge on any atom is -0.310 e. The molecular formula is C15H22N4O. The first-order valence-electron chi connectivity index (χ1n) is 7.37. The monoisotopic (exact) mass is 274 g/mol. The summed E-state index contributed by atoms with van der Waals surface area (Å²) in [5.41, 5.74) is 0. The van der Waals surface area contributed by atoms with Crippen molar-refractivity contribution in [2.75, 3.05) is 38.5 Å². The van der Waals surface area contributed by atoms with E-state index in [0.29, 0.717) is 11.9 Å². The Bertz CT molecular complexity index is 450. The van der Waals surface area contributed by atoms with Crippen molar-refractivity contribution in [2.24, 2.45) is 5.92 Å². The van der Waals surface area contributed by atoms with Crippen LogP contribution in [0.15, 0.2) is 24.4 Å². The Labute approximate surface area is 120 Å². The molecule has 0 unspecified atom stereocenters. The molecule has 1 aromatic heterocycles. The van der Waals surface area contributed by atoms with Gasteiger partial charge in [0.25, 0.3) is 0 Å². The van der Waals surface area contributed by atoms with Gasteiger partial charge in [-0.15, -0.1) is 0 Å². The highest BCUT2D eigenvalue weighted by Crippen LogP contribution is 2.33. The average Bonchev–Trinajstić information content (AvgIpc) is 2.40. The Morgan fingerprint density at radius 1 is 1.25 bits per heavy atom. The van der Waals surface area contributed by atoms with Crippen molar-refractivity contribution in [3.63, 3.8) is 0 Å². The maximum Gasteiger partial charge on any atom is 0.228 e. The molecule has 20 heavy (non-hydrogen) atoms. The largest absolute Gasteiger partial charge is 0.310 e. The highest BCUT2D eigenvalue weighted by atomic mass is 16.2. The number of likely N-dealkylation sites (N-methyl/N-ethyl adjacent to an activating group) is 1. The summed E-state index contributed by atoms with van der Waals surface area (Å²) < 4.78 is 0. The van der Waals surface area contributed by atoms with Gasteiger partial charge in [-0.05, 0) is 32.0 Å². The molecule has 1 aliphatic carbocycles. The fourth-order valence-electron chi connectivity index (χ4n) is 2.95. The van der Waals surface area contributed by atoms with Gasteiger partial charge in [0.15, 0.2) is 0 Å². The zero-order chi connectivity index (χ0) is 13.9. The number of hydrogen-bond acceptors (Lipinski definition) is 4. The molecule has 0 bridgehead atoms. The third-order valence-electron chi connectivity index (χ3n) is 4.45. The van der Waals surface area contributed by atoms with Crippen LogP contribution in [0, 0.1) is 5.92 Å². The van der Waals surface area contributed by atoms with Crippen LogP contribution in [-0.2, 0) is 4.79 Å². The summed E-state index contributed by atoms with van der Waals surface area (Å²) in [6, 6.07) is 6.16. The molecule has 1 aromatic rings. The molecule has 2 aliphatic rings. The molecule has 1 N–H and O–H groups in total. The van der Waals surface area contributed by atoms with E-state index in [0.717, 1.165) is 39.0 Å². The van der Waals surface area contributed by atoms with Crippen molar-refractivity contribution in [1.29, 1.82) is 0 Å². The molecule has 5 heteroatoms.